The first-order valence-corrected chi connectivity index (χ1v) is 8.71. The highest BCUT2D eigenvalue weighted by atomic mass is 14.7. The molecule has 1 aromatic carbocycles. The number of rotatable bonds is 3. The monoisotopic (exact) mass is 285 g/mol. The quantitative estimate of drug-likeness (QED) is 0.833. The minimum Gasteiger partial charge on any atom is -0.330 e. The van der Waals surface area contributed by atoms with Gasteiger partial charge in [-0.25, -0.2) is 0 Å². The smallest absolute Gasteiger partial charge is 0.00177 e. The van der Waals surface area contributed by atoms with E-state index in [1.807, 2.05) is 0 Å². The molecule has 0 radical (unpaired) electrons. The maximum atomic E-state index is 6.27. The van der Waals surface area contributed by atoms with Crippen LogP contribution in [0.5, 0.6) is 0 Å². The lowest BCUT2D eigenvalue weighted by molar-refractivity contribution is 0.0750. The van der Waals surface area contributed by atoms with Crippen molar-refractivity contribution in [3.63, 3.8) is 0 Å². The Hall–Kier alpha value is -0.820. The third-order valence-electron chi connectivity index (χ3n) is 6.42. The third kappa shape index (κ3) is 2.90. The fourth-order valence-corrected chi connectivity index (χ4v) is 4.73. The van der Waals surface area contributed by atoms with E-state index in [4.69, 9.17) is 5.73 Å². The summed E-state index contributed by atoms with van der Waals surface area (Å²) in [5, 5.41) is 0. The molecule has 0 spiro atoms. The van der Waals surface area contributed by atoms with Crippen LogP contribution in [0.1, 0.15) is 64.4 Å². The summed E-state index contributed by atoms with van der Waals surface area (Å²) in [6.07, 6.45) is 6.80. The average molecular weight is 285 g/mol. The third-order valence-corrected chi connectivity index (χ3v) is 6.42. The van der Waals surface area contributed by atoms with Gasteiger partial charge in [0.05, 0.1) is 0 Å². The standard InChI is InChI=1S/C20H31N/c1-19(2,3)16-9-11-20(14-21,12-10-16)18-13-17(18)15-7-5-4-6-8-15/h4-8,16-18H,9-14,21H2,1-3H3. The molecule has 0 bridgehead atoms. The van der Waals surface area contributed by atoms with E-state index < -0.39 is 0 Å². The first-order chi connectivity index (χ1) is 9.96. The minimum atomic E-state index is 0.433. The Morgan fingerprint density at radius 2 is 1.71 bits per heavy atom. The Labute approximate surface area is 130 Å². The zero-order valence-corrected chi connectivity index (χ0v) is 13.9. The maximum absolute atomic E-state index is 6.27. The van der Waals surface area contributed by atoms with E-state index in [1.54, 1.807) is 0 Å². The Kier molecular flexibility index (Phi) is 3.90. The molecule has 21 heavy (non-hydrogen) atoms. The average Bonchev–Trinajstić information content (AvgIpc) is 3.28. The van der Waals surface area contributed by atoms with Crippen LogP contribution in [0.25, 0.3) is 0 Å². The lowest BCUT2D eigenvalue weighted by Crippen LogP contribution is -2.39. The van der Waals surface area contributed by atoms with Gasteiger partial charge in [-0.05, 0) is 72.8 Å². The molecule has 0 heterocycles. The van der Waals surface area contributed by atoms with Gasteiger partial charge in [-0.3, -0.25) is 0 Å². The van der Waals surface area contributed by atoms with Crippen LogP contribution >= 0.6 is 0 Å². The van der Waals surface area contributed by atoms with Gasteiger partial charge in [0.1, 0.15) is 0 Å². The van der Waals surface area contributed by atoms with E-state index >= 15 is 0 Å². The summed E-state index contributed by atoms with van der Waals surface area (Å²) in [6, 6.07) is 11.1. The van der Waals surface area contributed by atoms with Gasteiger partial charge in [-0.1, -0.05) is 51.1 Å². The summed E-state index contributed by atoms with van der Waals surface area (Å²) in [6.45, 7) is 8.09. The minimum absolute atomic E-state index is 0.433. The summed E-state index contributed by atoms with van der Waals surface area (Å²) in [5.41, 5.74) is 8.70. The summed E-state index contributed by atoms with van der Waals surface area (Å²) < 4.78 is 0. The second-order valence-corrected chi connectivity index (χ2v) is 8.57. The van der Waals surface area contributed by atoms with E-state index in [0.717, 1.165) is 24.3 Å². The molecule has 1 aromatic rings. The molecular formula is C20H31N. The van der Waals surface area contributed by atoms with Crippen molar-refractivity contribution in [2.45, 2.75) is 58.8 Å². The maximum Gasteiger partial charge on any atom is -0.00177 e. The predicted octanol–water partition coefficient (Wildman–Crippen LogP) is 4.97. The number of hydrogen-bond donors (Lipinski definition) is 1. The molecule has 0 amide bonds. The van der Waals surface area contributed by atoms with Crippen molar-refractivity contribution in [1.29, 1.82) is 0 Å². The Bertz CT molecular complexity index is 462. The molecule has 0 aliphatic heterocycles. The van der Waals surface area contributed by atoms with Gasteiger partial charge in [-0.2, -0.15) is 0 Å². The van der Waals surface area contributed by atoms with Gasteiger partial charge in [-0.15, -0.1) is 0 Å². The molecular weight excluding hydrogens is 254 g/mol. The van der Waals surface area contributed by atoms with Crippen LogP contribution in [0.2, 0.25) is 0 Å². The van der Waals surface area contributed by atoms with Crippen molar-refractivity contribution in [2.24, 2.45) is 28.4 Å². The zero-order valence-electron chi connectivity index (χ0n) is 13.9. The van der Waals surface area contributed by atoms with Crippen molar-refractivity contribution >= 4 is 0 Å². The summed E-state index contributed by atoms with van der Waals surface area (Å²) in [7, 11) is 0. The summed E-state index contributed by atoms with van der Waals surface area (Å²) in [4.78, 5) is 0. The second-order valence-electron chi connectivity index (χ2n) is 8.57. The number of benzene rings is 1. The van der Waals surface area contributed by atoms with Crippen LogP contribution < -0.4 is 5.73 Å². The van der Waals surface area contributed by atoms with Gasteiger partial charge in [0, 0.05) is 0 Å². The van der Waals surface area contributed by atoms with Crippen LogP contribution in [-0.2, 0) is 0 Å². The van der Waals surface area contributed by atoms with E-state index in [-0.39, 0.29) is 0 Å². The molecule has 1 heteroatoms. The van der Waals surface area contributed by atoms with Gasteiger partial charge >= 0.3 is 0 Å². The van der Waals surface area contributed by atoms with E-state index in [1.165, 1.54) is 37.7 Å². The van der Waals surface area contributed by atoms with Gasteiger partial charge in [0.15, 0.2) is 0 Å². The van der Waals surface area contributed by atoms with Crippen molar-refractivity contribution in [2.75, 3.05) is 6.54 Å². The van der Waals surface area contributed by atoms with Crippen molar-refractivity contribution in [1.82, 2.24) is 0 Å². The molecule has 2 aliphatic carbocycles. The van der Waals surface area contributed by atoms with Crippen molar-refractivity contribution in [3.8, 4) is 0 Å². The number of hydrogen-bond acceptors (Lipinski definition) is 1. The molecule has 1 nitrogen and oxygen atoms in total. The van der Waals surface area contributed by atoms with Gasteiger partial charge < -0.3 is 5.73 Å². The first-order valence-electron chi connectivity index (χ1n) is 8.71. The van der Waals surface area contributed by atoms with Crippen LogP contribution in [0, 0.1) is 22.7 Å². The molecule has 2 fully saturated rings. The van der Waals surface area contributed by atoms with Crippen LogP contribution in [-0.4, -0.2) is 6.54 Å². The van der Waals surface area contributed by atoms with Crippen LogP contribution in [0.4, 0.5) is 0 Å². The molecule has 0 saturated heterocycles. The number of nitrogens with two attached hydrogens (primary N) is 1. The van der Waals surface area contributed by atoms with E-state index in [9.17, 15) is 0 Å². The summed E-state index contributed by atoms with van der Waals surface area (Å²) >= 11 is 0. The molecule has 2 saturated carbocycles. The molecule has 2 atom stereocenters. The van der Waals surface area contributed by atoms with E-state index in [2.05, 4.69) is 51.1 Å². The molecule has 0 aromatic heterocycles. The normalized spacial score (nSPS) is 36.5. The van der Waals surface area contributed by atoms with E-state index in [0.29, 0.717) is 10.8 Å². The predicted molar refractivity (Wildman–Crippen MR) is 90.2 cm³/mol. The Morgan fingerprint density at radius 1 is 1.10 bits per heavy atom. The van der Waals surface area contributed by atoms with Crippen molar-refractivity contribution < 1.29 is 0 Å². The van der Waals surface area contributed by atoms with Crippen LogP contribution in [0.3, 0.4) is 0 Å². The largest absolute Gasteiger partial charge is 0.330 e. The second kappa shape index (κ2) is 5.43. The molecule has 116 valence electrons. The SMILES string of the molecule is CC(C)(C)C1CCC(CN)(C2CC2c2ccccc2)CC1. The van der Waals surface area contributed by atoms with Crippen LogP contribution in [0.15, 0.2) is 30.3 Å². The fraction of sp³-hybridized carbons (Fsp3) is 0.700. The molecule has 3 rings (SSSR count). The topological polar surface area (TPSA) is 26.0 Å². The van der Waals surface area contributed by atoms with Gasteiger partial charge in [0.25, 0.3) is 0 Å². The first kappa shape index (κ1) is 15.1. The zero-order chi connectivity index (χ0) is 15.1. The highest BCUT2D eigenvalue weighted by Crippen LogP contribution is 2.62. The Morgan fingerprint density at radius 3 is 2.24 bits per heavy atom. The lowest BCUT2D eigenvalue weighted by Gasteiger charge is -2.44. The molecule has 2 aliphatic rings. The summed E-state index contributed by atoms with van der Waals surface area (Å²) in [5.74, 6) is 2.50. The molecule has 2 unspecified atom stereocenters. The highest BCUT2D eigenvalue weighted by molar-refractivity contribution is 5.27. The highest BCUT2D eigenvalue weighted by Gasteiger charge is 2.53. The lowest BCUT2D eigenvalue weighted by atomic mass is 9.62. The van der Waals surface area contributed by atoms with Crippen molar-refractivity contribution in [3.05, 3.63) is 35.9 Å². The Balaban J connectivity index is 1.68. The molecule has 2 N–H and O–H groups in total. The van der Waals surface area contributed by atoms with Gasteiger partial charge in [0.2, 0.25) is 0 Å². The fourth-order valence-electron chi connectivity index (χ4n) is 4.73.